The largest absolute Gasteiger partial charge is 0.326 e. The molecule has 2 unspecified atom stereocenters. The smallest absolute Gasteiger partial charge is 0.228 e. The molecule has 0 bridgehead atoms. The first kappa shape index (κ1) is 18.1. The SMILES string of the molecule is CC(C)=CC1C(C(=O)Nc2ccc(C(=O)c3ccccc3)cc2)C1(C)C. The zero-order chi connectivity index (χ0) is 18.9. The third kappa shape index (κ3) is 3.62. The van der Waals surface area contributed by atoms with Crippen LogP contribution in [-0.2, 0) is 4.79 Å². The molecule has 1 aliphatic rings. The van der Waals surface area contributed by atoms with E-state index in [1.165, 1.54) is 5.57 Å². The summed E-state index contributed by atoms with van der Waals surface area (Å²) in [6.07, 6.45) is 2.19. The van der Waals surface area contributed by atoms with E-state index in [0.717, 1.165) is 5.69 Å². The first-order valence-electron chi connectivity index (χ1n) is 8.96. The minimum atomic E-state index is -0.0181. The van der Waals surface area contributed by atoms with Crippen LogP contribution in [0.25, 0.3) is 0 Å². The van der Waals surface area contributed by atoms with Crippen LogP contribution in [0.4, 0.5) is 5.69 Å². The quantitative estimate of drug-likeness (QED) is 0.604. The summed E-state index contributed by atoms with van der Waals surface area (Å²) < 4.78 is 0. The summed E-state index contributed by atoms with van der Waals surface area (Å²) in [5, 5.41) is 2.99. The Morgan fingerprint density at radius 3 is 2.08 bits per heavy atom. The van der Waals surface area contributed by atoms with Crippen molar-refractivity contribution >= 4 is 17.4 Å². The van der Waals surface area contributed by atoms with Crippen LogP contribution in [0.1, 0.15) is 43.6 Å². The van der Waals surface area contributed by atoms with Crippen LogP contribution in [0.15, 0.2) is 66.2 Å². The molecule has 134 valence electrons. The van der Waals surface area contributed by atoms with Gasteiger partial charge in [0.05, 0.1) is 5.92 Å². The van der Waals surface area contributed by atoms with Gasteiger partial charge in [-0.3, -0.25) is 9.59 Å². The molecule has 2 aromatic carbocycles. The molecule has 1 aliphatic carbocycles. The molecular weight excluding hydrogens is 322 g/mol. The molecule has 0 spiro atoms. The van der Waals surface area contributed by atoms with Gasteiger partial charge in [-0.15, -0.1) is 0 Å². The lowest BCUT2D eigenvalue weighted by Crippen LogP contribution is -2.17. The van der Waals surface area contributed by atoms with E-state index < -0.39 is 0 Å². The number of amides is 1. The van der Waals surface area contributed by atoms with E-state index in [0.29, 0.717) is 11.1 Å². The highest BCUT2D eigenvalue weighted by atomic mass is 16.2. The fraction of sp³-hybridized carbons (Fsp3) is 0.304. The predicted molar refractivity (Wildman–Crippen MR) is 105 cm³/mol. The second kappa shape index (κ2) is 6.91. The van der Waals surface area contributed by atoms with Crippen molar-refractivity contribution in [2.75, 3.05) is 5.32 Å². The molecule has 0 aromatic heterocycles. The number of carbonyl (C=O) groups excluding carboxylic acids is 2. The molecule has 0 radical (unpaired) electrons. The molecule has 26 heavy (non-hydrogen) atoms. The van der Waals surface area contributed by atoms with Crippen molar-refractivity contribution < 1.29 is 9.59 Å². The molecule has 0 heterocycles. The summed E-state index contributed by atoms with van der Waals surface area (Å²) in [7, 11) is 0. The first-order valence-corrected chi connectivity index (χ1v) is 8.96. The molecule has 0 saturated heterocycles. The Kier molecular flexibility index (Phi) is 4.82. The average molecular weight is 347 g/mol. The summed E-state index contributed by atoms with van der Waals surface area (Å²) in [6.45, 7) is 8.38. The Labute approximate surface area is 155 Å². The number of benzene rings is 2. The van der Waals surface area contributed by atoms with Crippen LogP contribution in [0.5, 0.6) is 0 Å². The third-order valence-electron chi connectivity index (χ3n) is 5.16. The second-order valence-electron chi connectivity index (χ2n) is 7.83. The van der Waals surface area contributed by atoms with E-state index in [-0.39, 0.29) is 28.9 Å². The van der Waals surface area contributed by atoms with Gasteiger partial charge in [0, 0.05) is 16.8 Å². The van der Waals surface area contributed by atoms with Crippen LogP contribution in [-0.4, -0.2) is 11.7 Å². The van der Waals surface area contributed by atoms with Gasteiger partial charge < -0.3 is 5.32 Å². The molecule has 3 heteroatoms. The molecule has 3 nitrogen and oxygen atoms in total. The van der Waals surface area contributed by atoms with Gasteiger partial charge >= 0.3 is 0 Å². The highest BCUT2D eigenvalue weighted by Gasteiger charge is 2.60. The third-order valence-corrected chi connectivity index (χ3v) is 5.16. The molecule has 1 N–H and O–H groups in total. The van der Waals surface area contributed by atoms with Crippen molar-refractivity contribution in [1.82, 2.24) is 0 Å². The molecule has 1 saturated carbocycles. The van der Waals surface area contributed by atoms with Crippen LogP contribution in [0.2, 0.25) is 0 Å². The molecule has 3 rings (SSSR count). The van der Waals surface area contributed by atoms with E-state index in [4.69, 9.17) is 0 Å². The fourth-order valence-electron chi connectivity index (χ4n) is 3.53. The van der Waals surface area contributed by atoms with Gasteiger partial charge in [0.2, 0.25) is 5.91 Å². The summed E-state index contributed by atoms with van der Waals surface area (Å²) in [6, 6.07) is 16.3. The van der Waals surface area contributed by atoms with Crippen molar-refractivity contribution in [3.05, 3.63) is 77.4 Å². The van der Waals surface area contributed by atoms with Gasteiger partial charge in [0.25, 0.3) is 0 Å². The Morgan fingerprint density at radius 2 is 1.50 bits per heavy atom. The number of rotatable bonds is 5. The Balaban J connectivity index is 1.68. The van der Waals surface area contributed by atoms with Gasteiger partial charge in [-0.05, 0) is 49.4 Å². The number of hydrogen-bond acceptors (Lipinski definition) is 2. The maximum absolute atomic E-state index is 12.6. The minimum absolute atomic E-state index is 0.00936. The summed E-state index contributed by atoms with van der Waals surface area (Å²) in [5.74, 6) is 0.296. The van der Waals surface area contributed by atoms with Crippen LogP contribution < -0.4 is 5.32 Å². The molecule has 2 aromatic rings. The van der Waals surface area contributed by atoms with Crippen molar-refractivity contribution in [2.24, 2.45) is 17.3 Å². The number of carbonyl (C=O) groups is 2. The topological polar surface area (TPSA) is 46.2 Å². The Morgan fingerprint density at radius 1 is 0.923 bits per heavy atom. The lowest BCUT2D eigenvalue weighted by molar-refractivity contribution is -0.118. The van der Waals surface area contributed by atoms with E-state index in [1.807, 2.05) is 18.2 Å². The van der Waals surface area contributed by atoms with Crippen LogP contribution >= 0.6 is 0 Å². The van der Waals surface area contributed by atoms with E-state index >= 15 is 0 Å². The molecule has 0 aliphatic heterocycles. The number of hydrogen-bond donors (Lipinski definition) is 1. The maximum Gasteiger partial charge on any atom is 0.228 e. The Hall–Kier alpha value is -2.68. The lowest BCUT2D eigenvalue weighted by atomic mass is 10.0. The standard InChI is InChI=1S/C23H25NO2/c1-15(2)14-19-20(23(19,3)4)22(26)24-18-12-10-17(11-13-18)21(25)16-8-6-5-7-9-16/h5-14,19-20H,1-4H3,(H,24,26). The van der Waals surface area contributed by atoms with Crippen molar-refractivity contribution in [2.45, 2.75) is 27.7 Å². The van der Waals surface area contributed by atoms with Crippen molar-refractivity contribution in [3.63, 3.8) is 0 Å². The van der Waals surface area contributed by atoms with Crippen molar-refractivity contribution in [1.29, 1.82) is 0 Å². The molecule has 1 fully saturated rings. The van der Waals surface area contributed by atoms with Crippen molar-refractivity contribution in [3.8, 4) is 0 Å². The van der Waals surface area contributed by atoms with Crippen LogP contribution in [0.3, 0.4) is 0 Å². The van der Waals surface area contributed by atoms with Gasteiger partial charge in [0.1, 0.15) is 0 Å². The normalized spacial score (nSPS) is 20.2. The average Bonchev–Trinajstić information content (AvgIpc) is 3.15. The van der Waals surface area contributed by atoms with Crippen LogP contribution in [0, 0.1) is 17.3 Å². The highest BCUT2D eigenvalue weighted by molar-refractivity contribution is 6.09. The number of anilines is 1. The highest BCUT2D eigenvalue weighted by Crippen LogP contribution is 2.59. The summed E-state index contributed by atoms with van der Waals surface area (Å²) in [4.78, 5) is 25.1. The van der Waals surface area contributed by atoms with E-state index in [9.17, 15) is 9.59 Å². The number of ketones is 1. The summed E-state index contributed by atoms with van der Waals surface area (Å²) in [5.41, 5.74) is 3.22. The molecular formula is C23H25NO2. The maximum atomic E-state index is 12.6. The summed E-state index contributed by atoms with van der Waals surface area (Å²) >= 11 is 0. The number of nitrogens with one attached hydrogen (secondary N) is 1. The van der Waals surface area contributed by atoms with Gasteiger partial charge in [-0.1, -0.05) is 55.8 Å². The zero-order valence-electron chi connectivity index (χ0n) is 15.7. The monoisotopic (exact) mass is 347 g/mol. The lowest BCUT2D eigenvalue weighted by Gasteiger charge is -2.07. The van der Waals surface area contributed by atoms with Gasteiger partial charge in [-0.25, -0.2) is 0 Å². The van der Waals surface area contributed by atoms with Gasteiger partial charge in [-0.2, -0.15) is 0 Å². The Bertz CT molecular complexity index is 844. The van der Waals surface area contributed by atoms with Gasteiger partial charge in [0.15, 0.2) is 5.78 Å². The van der Waals surface area contributed by atoms with E-state index in [1.54, 1.807) is 36.4 Å². The molecule has 2 atom stereocenters. The molecule has 1 amide bonds. The predicted octanol–water partition coefficient (Wildman–Crippen LogP) is 5.09. The first-order chi connectivity index (χ1) is 12.3. The fourth-order valence-corrected chi connectivity index (χ4v) is 3.53. The van der Waals surface area contributed by atoms with E-state index in [2.05, 4.69) is 39.1 Å². The zero-order valence-corrected chi connectivity index (χ0v) is 15.7. The minimum Gasteiger partial charge on any atom is -0.326 e. The number of allylic oxidation sites excluding steroid dienone is 2. The second-order valence-corrected chi connectivity index (χ2v) is 7.83.